The Morgan fingerprint density at radius 1 is 1.04 bits per heavy atom. The van der Waals surface area contributed by atoms with Crippen molar-refractivity contribution in [2.24, 2.45) is 5.92 Å². The van der Waals surface area contributed by atoms with E-state index >= 15 is 0 Å². The van der Waals surface area contributed by atoms with Crippen LogP contribution in [0.15, 0.2) is 24.3 Å². The maximum absolute atomic E-state index is 12.5. The molecule has 2 fully saturated rings. The molecule has 0 radical (unpaired) electrons. The molecule has 0 saturated carbocycles. The highest BCUT2D eigenvalue weighted by atomic mass is 35.5. The molecule has 0 unspecified atom stereocenters. The largest absolute Gasteiger partial charge is 0.353 e. The van der Waals surface area contributed by atoms with Crippen LogP contribution in [0.3, 0.4) is 0 Å². The van der Waals surface area contributed by atoms with Crippen LogP contribution < -0.4 is 5.32 Å². The molecule has 2 amide bonds. The number of piperidine rings is 2. The lowest BCUT2D eigenvalue weighted by atomic mass is 9.94. The number of halogens is 1. The molecule has 1 aromatic rings. The number of amides is 2. The zero-order valence-electron chi connectivity index (χ0n) is 15.4. The summed E-state index contributed by atoms with van der Waals surface area (Å²) < 4.78 is 0. The Kier molecular flexibility index (Phi) is 6.54. The lowest BCUT2D eigenvalue weighted by Gasteiger charge is -2.35. The predicted molar refractivity (Wildman–Crippen MR) is 103 cm³/mol. The summed E-state index contributed by atoms with van der Waals surface area (Å²) in [5, 5.41) is 4.01. The van der Waals surface area contributed by atoms with Crippen molar-refractivity contribution in [3.8, 4) is 0 Å². The SMILES string of the molecule is CC(=O)N1CCC(C(=O)NC2CCN(Cc3ccc(Cl)cc3)CC2)CC1. The van der Waals surface area contributed by atoms with Crippen LogP contribution in [0.1, 0.15) is 38.2 Å². The molecule has 0 bridgehead atoms. The molecule has 1 aromatic carbocycles. The van der Waals surface area contributed by atoms with Gasteiger partial charge in [0.2, 0.25) is 11.8 Å². The van der Waals surface area contributed by atoms with Crippen LogP contribution in [0.2, 0.25) is 5.02 Å². The maximum atomic E-state index is 12.5. The molecule has 3 rings (SSSR count). The number of carbonyl (C=O) groups is 2. The normalized spacial score (nSPS) is 20.2. The minimum Gasteiger partial charge on any atom is -0.353 e. The summed E-state index contributed by atoms with van der Waals surface area (Å²) in [6, 6.07) is 8.28. The highest BCUT2D eigenvalue weighted by Crippen LogP contribution is 2.20. The molecule has 2 aliphatic rings. The van der Waals surface area contributed by atoms with Gasteiger partial charge in [-0.3, -0.25) is 14.5 Å². The molecular weight excluding hydrogens is 350 g/mol. The number of rotatable bonds is 4. The van der Waals surface area contributed by atoms with Gasteiger partial charge in [-0.05, 0) is 43.4 Å². The van der Waals surface area contributed by atoms with Gasteiger partial charge in [0, 0.05) is 56.6 Å². The van der Waals surface area contributed by atoms with Gasteiger partial charge in [0.05, 0.1) is 0 Å². The van der Waals surface area contributed by atoms with E-state index in [1.807, 2.05) is 17.0 Å². The third-order valence-electron chi connectivity index (χ3n) is 5.56. The average molecular weight is 378 g/mol. The first kappa shape index (κ1) is 19.2. The van der Waals surface area contributed by atoms with E-state index < -0.39 is 0 Å². The molecule has 0 atom stereocenters. The molecule has 2 saturated heterocycles. The molecular formula is C20H28ClN3O2. The summed E-state index contributed by atoms with van der Waals surface area (Å²) in [6.45, 7) is 5.92. The van der Waals surface area contributed by atoms with Crippen molar-refractivity contribution in [3.05, 3.63) is 34.9 Å². The minimum atomic E-state index is 0.0534. The molecule has 26 heavy (non-hydrogen) atoms. The van der Waals surface area contributed by atoms with Gasteiger partial charge in [-0.25, -0.2) is 0 Å². The molecule has 142 valence electrons. The summed E-state index contributed by atoms with van der Waals surface area (Å²) in [6.07, 6.45) is 3.54. The molecule has 1 N–H and O–H groups in total. The van der Waals surface area contributed by atoms with Gasteiger partial charge in [-0.1, -0.05) is 23.7 Å². The van der Waals surface area contributed by atoms with Crippen LogP contribution >= 0.6 is 11.6 Å². The molecule has 0 aliphatic carbocycles. The lowest BCUT2D eigenvalue weighted by Crippen LogP contribution is -2.48. The van der Waals surface area contributed by atoms with Gasteiger partial charge < -0.3 is 10.2 Å². The molecule has 6 heteroatoms. The number of likely N-dealkylation sites (tertiary alicyclic amines) is 2. The second-order valence-corrected chi connectivity index (χ2v) is 7.90. The molecule has 0 aromatic heterocycles. The number of nitrogens with zero attached hydrogens (tertiary/aromatic N) is 2. The van der Waals surface area contributed by atoms with Crippen molar-refractivity contribution >= 4 is 23.4 Å². The van der Waals surface area contributed by atoms with Crippen LogP contribution in [-0.4, -0.2) is 53.8 Å². The van der Waals surface area contributed by atoms with E-state index in [1.54, 1.807) is 6.92 Å². The maximum Gasteiger partial charge on any atom is 0.223 e. The summed E-state index contributed by atoms with van der Waals surface area (Å²) in [5.41, 5.74) is 1.27. The van der Waals surface area contributed by atoms with E-state index in [1.165, 1.54) is 5.56 Å². The monoisotopic (exact) mass is 377 g/mol. The molecule has 0 spiro atoms. The van der Waals surface area contributed by atoms with Crippen molar-refractivity contribution in [1.82, 2.24) is 15.1 Å². The Hall–Kier alpha value is -1.59. The van der Waals surface area contributed by atoms with Crippen molar-refractivity contribution in [2.45, 2.75) is 45.2 Å². The van der Waals surface area contributed by atoms with Gasteiger partial charge in [0.25, 0.3) is 0 Å². The Morgan fingerprint density at radius 3 is 2.23 bits per heavy atom. The van der Waals surface area contributed by atoms with Gasteiger partial charge in [0.15, 0.2) is 0 Å². The van der Waals surface area contributed by atoms with Gasteiger partial charge >= 0.3 is 0 Å². The van der Waals surface area contributed by atoms with Crippen molar-refractivity contribution in [2.75, 3.05) is 26.2 Å². The van der Waals surface area contributed by atoms with Gasteiger partial charge in [-0.15, -0.1) is 0 Å². The Balaban J connectivity index is 1.39. The van der Waals surface area contributed by atoms with Crippen molar-refractivity contribution in [3.63, 3.8) is 0 Å². The Bertz CT molecular complexity index is 618. The van der Waals surface area contributed by atoms with E-state index in [0.29, 0.717) is 13.1 Å². The second kappa shape index (κ2) is 8.87. The Morgan fingerprint density at radius 2 is 1.65 bits per heavy atom. The third-order valence-corrected chi connectivity index (χ3v) is 5.82. The fourth-order valence-electron chi connectivity index (χ4n) is 3.86. The first-order valence-corrected chi connectivity index (χ1v) is 9.92. The van der Waals surface area contributed by atoms with Gasteiger partial charge in [0.1, 0.15) is 0 Å². The Labute approximate surface area is 160 Å². The number of benzene rings is 1. The van der Waals surface area contributed by atoms with E-state index in [2.05, 4.69) is 22.3 Å². The number of hydrogen-bond acceptors (Lipinski definition) is 3. The fourth-order valence-corrected chi connectivity index (χ4v) is 3.99. The number of nitrogens with one attached hydrogen (secondary N) is 1. The van der Waals surface area contributed by atoms with Crippen molar-refractivity contribution in [1.29, 1.82) is 0 Å². The topological polar surface area (TPSA) is 52.7 Å². The van der Waals surface area contributed by atoms with E-state index in [-0.39, 0.29) is 23.8 Å². The minimum absolute atomic E-state index is 0.0534. The third kappa shape index (κ3) is 5.21. The molecule has 2 aliphatic heterocycles. The van der Waals surface area contributed by atoms with Crippen LogP contribution in [0.4, 0.5) is 0 Å². The average Bonchev–Trinajstić information content (AvgIpc) is 2.65. The number of hydrogen-bond donors (Lipinski definition) is 1. The fraction of sp³-hybridized carbons (Fsp3) is 0.600. The standard InChI is InChI=1S/C20H28ClN3O2/c1-15(25)24-12-6-17(7-13-24)20(26)22-19-8-10-23(11-9-19)14-16-2-4-18(21)5-3-16/h2-5,17,19H,6-14H2,1H3,(H,22,26). The first-order chi connectivity index (χ1) is 12.5. The summed E-state index contributed by atoms with van der Waals surface area (Å²) >= 11 is 5.94. The summed E-state index contributed by atoms with van der Waals surface area (Å²) in [7, 11) is 0. The van der Waals surface area contributed by atoms with E-state index in [0.717, 1.165) is 50.3 Å². The zero-order chi connectivity index (χ0) is 18.5. The highest BCUT2D eigenvalue weighted by molar-refractivity contribution is 6.30. The first-order valence-electron chi connectivity index (χ1n) is 9.54. The molecule has 5 nitrogen and oxygen atoms in total. The van der Waals surface area contributed by atoms with Crippen LogP contribution in [0, 0.1) is 5.92 Å². The molecule has 2 heterocycles. The lowest BCUT2D eigenvalue weighted by molar-refractivity contribution is -0.134. The quantitative estimate of drug-likeness (QED) is 0.877. The number of carbonyl (C=O) groups excluding carboxylic acids is 2. The van der Waals surface area contributed by atoms with Gasteiger partial charge in [-0.2, -0.15) is 0 Å². The van der Waals surface area contributed by atoms with Crippen LogP contribution in [0.25, 0.3) is 0 Å². The second-order valence-electron chi connectivity index (χ2n) is 7.47. The van der Waals surface area contributed by atoms with Crippen LogP contribution in [0.5, 0.6) is 0 Å². The van der Waals surface area contributed by atoms with Crippen molar-refractivity contribution < 1.29 is 9.59 Å². The smallest absolute Gasteiger partial charge is 0.223 e. The highest BCUT2D eigenvalue weighted by Gasteiger charge is 2.28. The van der Waals surface area contributed by atoms with E-state index in [9.17, 15) is 9.59 Å². The zero-order valence-corrected chi connectivity index (χ0v) is 16.2. The summed E-state index contributed by atoms with van der Waals surface area (Å²) in [4.78, 5) is 28.2. The van der Waals surface area contributed by atoms with Crippen LogP contribution in [-0.2, 0) is 16.1 Å². The predicted octanol–water partition coefficient (Wildman–Crippen LogP) is 2.68. The summed E-state index contributed by atoms with van der Waals surface area (Å²) in [5.74, 6) is 0.332. The van der Waals surface area contributed by atoms with E-state index in [4.69, 9.17) is 11.6 Å².